The van der Waals surface area contributed by atoms with Gasteiger partial charge in [-0.15, -0.1) is 0 Å². The number of benzene rings is 2. The van der Waals surface area contributed by atoms with E-state index < -0.39 is 5.91 Å². The third kappa shape index (κ3) is 4.65. The number of rotatable bonds is 6. The Balaban J connectivity index is 1.75. The quantitative estimate of drug-likeness (QED) is 0.817. The van der Waals surface area contributed by atoms with Crippen molar-refractivity contribution in [2.24, 2.45) is 5.73 Å². The monoisotopic (exact) mass is 367 g/mol. The second kappa shape index (κ2) is 8.68. The van der Waals surface area contributed by atoms with Gasteiger partial charge < -0.3 is 20.7 Å². The third-order valence-electron chi connectivity index (χ3n) is 4.76. The molecule has 1 aliphatic heterocycles. The average molecular weight is 367 g/mol. The van der Waals surface area contributed by atoms with E-state index in [1.807, 2.05) is 4.90 Å². The van der Waals surface area contributed by atoms with Gasteiger partial charge in [-0.3, -0.25) is 9.59 Å². The largest absolute Gasteiger partial charge is 0.484 e. The van der Waals surface area contributed by atoms with Crippen molar-refractivity contribution in [3.05, 3.63) is 65.2 Å². The Morgan fingerprint density at radius 1 is 1.15 bits per heavy atom. The Kier molecular flexibility index (Phi) is 6.08. The third-order valence-corrected chi connectivity index (χ3v) is 4.76. The number of nitrogens with zero attached hydrogens (tertiary/aromatic N) is 1. The van der Waals surface area contributed by atoms with E-state index in [9.17, 15) is 9.59 Å². The molecule has 3 rings (SSSR count). The molecule has 1 unspecified atom stereocenters. The maximum atomic E-state index is 13.1. The molecular formula is C21H25N3O3. The molecule has 2 aromatic carbocycles. The van der Waals surface area contributed by atoms with Crippen molar-refractivity contribution in [2.45, 2.75) is 19.4 Å². The van der Waals surface area contributed by atoms with E-state index in [4.69, 9.17) is 10.5 Å². The van der Waals surface area contributed by atoms with Gasteiger partial charge >= 0.3 is 0 Å². The molecule has 0 saturated carbocycles. The highest BCUT2D eigenvalue weighted by Crippen LogP contribution is 2.25. The number of hydrogen-bond acceptors (Lipinski definition) is 4. The first-order valence-corrected chi connectivity index (χ1v) is 9.20. The average Bonchev–Trinajstić information content (AvgIpc) is 2.72. The standard InChI is InChI=1S/C21H25N3O3/c1-2-15-3-5-16(6-4-15)19-13-23-11-12-24(19)21(26)17-7-9-18(10-8-17)27-14-20(22)25/h3-10,19,23H,2,11-14H2,1H3,(H2,22,25). The highest BCUT2D eigenvalue weighted by atomic mass is 16.5. The van der Waals surface area contributed by atoms with E-state index in [0.717, 1.165) is 25.1 Å². The predicted octanol–water partition coefficient (Wildman–Crippen LogP) is 1.90. The fraction of sp³-hybridized carbons (Fsp3) is 0.333. The second-order valence-corrected chi connectivity index (χ2v) is 6.59. The molecule has 1 fully saturated rings. The number of ether oxygens (including phenoxy) is 1. The fourth-order valence-electron chi connectivity index (χ4n) is 3.23. The van der Waals surface area contributed by atoms with Crippen LogP contribution in [-0.4, -0.2) is 43.0 Å². The Morgan fingerprint density at radius 3 is 2.48 bits per heavy atom. The van der Waals surface area contributed by atoms with Crippen LogP contribution in [-0.2, 0) is 11.2 Å². The van der Waals surface area contributed by atoms with Crippen LogP contribution in [0.5, 0.6) is 5.75 Å². The molecule has 3 N–H and O–H groups in total. The SMILES string of the molecule is CCc1ccc(C2CNCCN2C(=O)c2ccc(OCC(N)=O)cc2)cc1. The summed E-state index contributed by atoms with van der Waals surface area (Å²) in [4.78, 5) is 25.8. The number of piperazine rings is 1. The lowest BCUT2D eigenvalue weighted by atomic mass is 10.00. The summed E-state index contributed by atoms with van der Waals surface area (Å²) in [6, 6.07) is 15.3. The molecule has 0 aliphatic carbocycles. The minimum atomic E-state index is -0.534. The summed E-state index contributed by atoms with van der Waals surface area (Å²) in [6.45, 7) is 4.11. The van der Waals surface area contributed by atoms with Gasteiger partial charge in [0, 0.05) is 25.2 Å². The van der Waals surface area contributed by atoms with Crippen molar-refractivity contribution in [3.8, 4) is 5.75 Å². The summed E-state index contributed by atoms with van der Waals surface area (Å²) >= 11 is 0. The first-order chi connectivity index (χ1) is 13.1. The van der Waals surface area contributed by atoms with Crippen LogP contribution in [0.3, 0.4) is 0 Å². The Hall–Kier alpha value is -2.86. The van der Waals surface area contributed by atoms with Gasteiger partial charge in [-0.25, -0.2) is 0 Å². The molecule has 1 atom stereocenters. The smallest absolute Gasteiger partial charge is 0.255 e. The van der Waals surface area contributed by atoms with Crippen LogP contribution in [0.2, 0.25) is 0 Å². The predicted molar refractivity (Wildman–Crippen MR) is 104 cm³/mol. The number of amides is 2. The summed E-state index contributed by atoms with van der Waals surface area (Å²) in [5.41, 5.74) is 8.09. The number of hydrogen-bond donors (Lipinski definition) is 2. The van der Waals surface area contributed by atoms with E-state index >= 15 is 0 Å². The molecule has 6 nitrogen and oxygen atoms in total. The lowest BCUT2D eigenvalue weighted by Crippen LogP contribution is -2.48. The zero-order valence-electron chi connectivity index (χ0n) is 15.5. The topological polar surface area (TPSA) is 84.7 Å². The molecule has 1 aliphatic rings. The van der Waals surface area contributed by atoms with Gasteiger partial charge in [0.05, 0.1) is 6.04 Å². The van der Waals surface area contributed by atoms with E-state index in [2.05, 4.69) is 36.5 Å². The molecule has 0 spiro atoms. The first kappa shape index (κ1) is 18.9. The molecule has 2 aromatic rings. The Labute approximate surface area is 159 Å². The maximum absolute atomic E-state index is 13.1. The van der Waals surface area contributed by atoms with Gasteiger partial charge in [-0.2, -0.15) is 0 Å². The number of carbonyl (C=O) groups is 2. The van der Waals surface area contributed by atoms with Crippen LogP contribution < -0.4 is 15.8 Å². The van der Waals surface area contributed by atoms with Crippen molar-refractivity contribution in [2.75, 3.05) is 26.2 Å². The van der Waals surface area contributed by atoms with Crippen LogP contribution in [0.1, 0.15) is 34.5 Å². The highest BCUT2D eigenvalue weighted by Gasteiger charge is 2.28. The second-order valence-electron chi connectivity index (χ2n) is 6.59. The van der Waals surface area contributed by atoms with Gasteiger partial charge in [0.25, 0.3) is 11.8 Å². The van der Waals surface area contributed by atoms with Crippen molar-refractivity contribution in [3.63, 3.8) is 0 Å². The Morgan fingerprint density at radius 2 is 1.85 bits per heavy atom. The summed E-state index contributed by atoms with van der Waals surface area (Å²) in [6.07, 6.45) is 0.996. The van der Waals surface area contributed by atoms with Crippen molar-refractivity contribution >= 4 is 11.8 Å². The first-order valence-electron chi connectivity index (χ1n) is 9.20. The normalized spacial score (nSPS) is 16.8. The van der Waals surface area contributed by atoms with Gasteiger partial charge in [0.1, 0.15) is 5.75 Å². The van der Waals surface area contributed by atoms with E-state index in [-0.39, 0.29) is 18.6 Å². The molecule has 2 amide bonds. The minimum Gasteiger partial charge on any atom is -0.484 e. The van der Waals surface area contributed by atoms with Crippen LogP contribution >= 0.6 is 0 Å². The molecule has 27 heavy (non-hydrogen) atoms. The summed E-state index contributed by atoms with van der Waals surface area (Å²) < 4.78 is 5.25. The van der Waals surface area contributed by atoms with Gasteiger partial charge in [0.15, 0.2) is 6.61 Å². The van der Waals surface area contributed by atoms with Crippen LogP contribution in [0.15, 0.2) is 48.5 Å². The van der Waals surface area contributed by atoms with Crippen LogP contribution in [0.4, 0.5) is 0 Å². The van der Waals surface area contributed by atoms with Crippen molar-refractivity contribution in [1.29, 1.82) is 0 Å². The lowest BCUT2D eigenvalue weighted by molar-refractivity contribution is -0.119. The van der Waals surface area contributed by atoms with Crippen molar-refractivity contribution in [1.82, 2.24) is 10.2 Å². The van der Waals surface area contributed by atoms with E-state index in [0.29, 0.717) is 17.9 Å². The molecule has 0 radical (unpaired) electrons. The van der Waals surface area contributed by atoms with Gasteiger partial charge in [-0.05, 0) is 41.8 Å². The molecule has 0 aromatic heterocycles. The highest BCUT2D eigenvalue weighted by molar-refractivity contribution is 5.94. The summed E-state index contributed by atoms with van der Waals surface area (Å²) in [5, 5.41) is 3.38. The Bertz CT molecular complexity index is 787. The zero-order valence-corrected chi connectivity index (χ0v) is 15.5. The van der Waals surface area contributed by atoms with Gasteiger partial charge in [-0.1, -0.05) is 31.2 Å². The number of aryl methyl sites for hydroxylation is 1. The van der Waals surface area contributed by atoms with E-state index in [1.54, 1.807) is 24.3 Å². The van der Waals surface area contributed by atoms with E-state index in [1.165, 1.54) is 5.56 Å². The number of carbonyl (C=O) groups excluding carboxylic acids is 2. The molecule has 1 heterocycles. The zero-order chi connectivity index (χ0) is 19.2. The molecule has 6 heteroatoms. The van der Waals surface area contributed by atoms with Crippen LogP contribution in [0.25, 0.3) is 0 Å². The minimum absolute atomic E-state index is 0.00273. The maximum Gasteiger partial charge on any atom is 0.255 e. The molecular weight excluding hydrogens is 342 g/mol. The lowest BCUT2D eigenvalue weighted by Gasteiger charge is -2.36. The number of nitrogens with one attached hydrogen (secondary N) is 1. The number of nitrogens with two attached hydrogens (primary N) is 1. The molecule has 0 bridgehead atoms. The summed E-state index contributed by atoms with van der Waals surface area (Å²) in [5.74, 6) is -0.0345. The van der Waals surface area contributed by atoms with Crippen LogP contribution in [0, 0.1) is 0 Å². The fourth-order valence-corrected chi connectivity index (χ4v) is 3.23. The van der Waals surface area contributed by atoms with Crippen molar-refractivity contribution < 1.29 is 14.3 Å². The molecule has 142 valence electrons. The van der Waals surface area contributed by atoms with Gasteiger partial charge in [0.2, 0.25) is 0 Å². The summed E-state index contributed by atoms with van der Waals surface area (Å²) in [7, 11) is 0. The molecule has 1 saturated heterocycles. The number of primary amides is 1.